The van der Waals surface area contributed by atoms with E-state index in [9.17, 15) is 14.4 Å². The van der Waals surface area contributed by atoms with Crippen molar-refractivity contribution in [1.82, 2.24) is 14.5 Å². The van der Waals surface area contributed by atoms with Gasteiger partial charge in [0.15, 0.2) is 0 Å². The molecule has 1 aliphatic rings. The highest BCUT2D eigenvalue weighted by Crippen LogP contribution is 2.20. The number of amides is 1. The molecule has 0 bridgehead atoms. The zero-order valence-electron chi connectivity index (χ0n) is 18.7. The number of piperidine rings is 1. The second kappa shape index (κ2) is 9.42. The van der Waals surface area contributed by atoms with Gasteiger partial charge in [0.1, 0.15) is 5.69 Å². The van der Waals surface area contributed by atoms with Gasteiger partial charge in [-0.05, 0) is 43.0 Å². The van der Waals surface area contributed by atoms with Crippen molar-refractivity contribution in [3.8, 4) is 0 Å². The minimum Gasteiger partial charge on any atom is -0.364 e. The SMILES string of the molecule is CCn1cc(N2CCCC(NC(=O)Cc3cccc4ccccc34)C2)c(=O)n(CC)c1=O. The number of fused-ring (bicyclic) bond motifs is 1. The van der Waals surface area contributed by atoms with E-state index in [4.69, 9.17) is 0 Å². The molecule has 0 spiro atoms. The molecule has 1 saturated heterocycles. The summed E-state index contributed by atoms with van der Waals surface area (Å²) in [6, 6.07) is 14.1. The minimum atomic E-state index is -0.277. The molecule has 3 aromatic rings. The average Bonchev–Trinajstić information content (AvgIpc) is 2.80. The fourth-order valence-corrected chi connectivity index (χ4v) is 4.57. The molecule has 1 N–H and O–H groups in total. The number of anilines is 1. The first-order valence-electron chi connectivity index (χ1n) is 11.4. The van der Waals surface area contributed by atoms with Crippen LogP contribution >= 0.6 is 0 Å². The number of rotatable bonds is 6. The van der Waals surface area contributed by atoms with Crippen LogP contribution in [0.15, 0.2) is 58.3 Å². The third-order valence-electron chi connectivity index (χ3n) is 6.23. The summed E-state index contributed by atoms with van der Waals surface area (Å²) in [6.45, 7) is 5.83. The Morgan fingerprint density at radius 1 is 1.06 bits per heavy atom. The van der Waals surface area contributed by atoms with Gasteiger partial charge in [0.25, 0.3) is 5.56 Å². The van der Waals surface area contributed by atoms with E-state index >= 15 is 0 Å². The quantitative estimate of drug-likeness (QED) is 0.647. The number of benzene rings is 2. The summed E-state index contributed by atoms with van der Waals surface area (Å²) < 4.78 is 2.85. The van der Waals surface area contributed by atoms with E-state index in [0.29, 0.717) is 31.7 Å². The van der Waals surface area contributed by atoms with Crippen LogP contribution in [0.25, 0.3) is 10.8 Å². The Morgan fingerprint density at radius 2 is 1.84 bits per heavy atom. The number of nitrogens with zero attached hydrogens (tertiary/aromatic N) is 3. The van der Waals surface area contributed by atoms with Crippen LogP contribution in [0, 0.1) is 0 Å². The molecule has 1 atom stereocenters. The van der Waals surface area contributed by atoms with Gasteiger partial charge in [-0.3, -0.25) is 18.7 Å². The first kappa shape index (κ1) is 21.9. The van der Waals surface area contributed by atoms with E-state index in [1.807, 2.05) is 42.2 Å². The van der Waals surface area contributed by atoms with Crippen LogP contribution in [-0.2, 0) is 24.3 Å². The Morgan fingerprint density at radius 3 is 2.62 bits per heavy atom. The van der Waals surface area contributed by atoms with Crippen molar-refractivity contribution in [2.45, 2.75) is 52.2 Å². The Kier molecular flexibility index (Phi) is 6.44. The standard InChI is InChI=1S/C25H30N4O3/c1-3-27-17-22(24(31)29(4-2)25(27)32)28-14-8-12-20(16-28)26-23(30)15-19-11-7-10-18-9-5-6-13-21(18)19/h5-7,9-11,13,17,20H,3-4,8,12,14-16H2,1-2H3,(H,26,30). The van der Waals surface area contributed by atoms with Crippen LogP contribution in [0.3, 0.4) is 0 Å². The lowest BCUT2D eigenvalue weighted by Gasteiger charge is -2.34. The molecule has 168 valence electrons. The van der Waals surface area contributed by atoms with Crippen molar-refractivity contribution in [2.24, 2.45) is 0 Å². The van der Waals surface area contributed by atoms with Crippen molar-refractivity contribution in [1.29, 1.82) is 0 Å². The summed E-state index contributed by atoms with van der Waals surface area (Å²) in [7, 11) is 0. The molecule has 32 heavy (non-hydrogen) atoms. The highest BCUT2D eigenvalue weighted by Gasteiger charge is 2.25. The van der Waals surface area contributed by atoms with Crippen molar-refractivity contribution in [3.63, 3.8) is 0 Å². The third-order valence-corrected chi connectivity index (χ3v) is 6.23. The summed E-state index contributed by atoms with van der Waals surface area (Å²) in [4.78, 5) is 40.2. The van der Waals surface area contributed by atoms with Crippen molar-refractivity contribution < 1.29 is 4.79 Å². The van der Waals surface area contributed by atoms with Crippen LogP contribution in [0.1, 0.15) is 32.3 Å². The summed E-state index contributed by atoms with van der Waals surface area (Å²) in [6.07, 6.45) is 3.72. The largest absolute Gasteiger partial charge is 0.364 e. The molecule has 7 heteroatoms. The van der Waals surface area contributed by atoms with Gasteiger partial charge in [0.05, 0.1) is 6.42 Å². The fraction of sp³-hybridized carbons (Fsp3) is 0.400. The monoisotopic (exact) mass is 434 g/mol. The Hall–Kier alpha value is -3.35. The van der Waals surface area contributed by atoms with Crippen LogP contribution in [0.5, 0.6) is 0 Å². The molecule has 7 nitrogen and oxygen atoms in total. The molecule has 1 aliphatic heterocycles. The molecule has 1 fully saturated rings. The van der Waals surface area contributed by atoms with Crippen molar-refractivity contribution in [2.75, 3.05) is 18.0 Å². The van der Waals surface area contributed by atoms with Gasteiger partial charge in [0, 0.05) is 38.4 Å². The van der Waals surface area contributed by atoms with Gasteiger partial charge in [-0.1, -0.05) is 42.5 Å². The van der Waals surface area contributed by atoms with Gasteiger partial charge in [-0.25, -0.2) is 4.79 Å². The van der Waals surface area contributed by atoms with E-state index in [1.165, 1.54) is 4.57 Å². The molecular formula is C25H30N4O3. The maximum atomic E-state index is 12.9. The molecule has 2 heterocycles. The second-order valence-corrected chi connectivity index (χ2v) is 8.30. The maximum absolute atomic E-state index is 12.9. The normalized spacial score (nSPS) is 16.3. The van der Waals surface area contributed by atoms with Gasteiger partial charge >= 0.3 is 5.69 Å². The fourth-order valence-electron chi connectivity index (χ4n) is 4.57. The number of hydrogen-bond acceptors (Lipinski definition) is 4. The molecule has 1 amide bonds. The number of aromatic nitrogens is 2. The summed E-state index contributed by atoms with van der Waals surface area (Å²) >= 11 is 0. The van der Waals surface area contributed by atoms with Crippen molar-refractivity contribution >= 4 is 22.4 Å². The lowest BCUT2D eigenvalue weighted by Crippen LogP contribution is -2.51. The van der Waals surface area contributed by atoms with Crippen LogP contribution in [-0.4, -0.2) is 34.2 Å². The minimum absolute atomic E-state index is 0.0160. The van der Waals surface area contributed by atoms with E-state index in [-0.39, 0.29) is 23.2 Å². The van der Waals surface area contributed by atoms with Crippen molar-refractivity contribution in [3.05, 3.63) is 75.1 Å². The van der Waals surface area contributed by atoms with Gasteiger partial charge in [0.2, 0.25) is 5.91 Å². The highest BCUT2D eigenvalue weighted by atomic mass is 16.2. The van der Waals surface area contributed by atoms with E-state index < -0.39 is 0 Å². The smallest absolute Gasteiger partial charge is 0.331 e. The number of nitrogens with one attached hydrogen (secondary N) is 1. The Balaban J connectivity index is 1.50. The van der Waals surface area contributed by atoms with Crippen LogP contribution in [0.2, 0.25) is 0 Å². The predicted molar refractivity (Wildman–Crippen MR) is 127 cm³/mol. The molecule has 0 saturated carbocycles. The zero-order chi connectivity index (χ0) is 22.7. The third kappa shape index (κ3) is 4.33. The van der Waals surface area contributed by atoms with Gasteiger partial charge in [-0.2, -0.15) is 0 Å². The van der Waals surface area contributed by atoms with Gasteiger partial charge < -0.3 is 10.2 Å². The molecule has 4 rings (SSSR count). The van der Waals surface area contributed by atoms with E-state index in [2.05, 4.69) is 17.4 Å². The van der Waals surface area contributed by atoms with Gasteiger partial charge in [-0.15, -0.1) is 0 Å². The average molecular weight is 435 g/mol. The molecular weight excluding hydrogens is 404 g/mol. The summed E-state index contributed by atoms with van der Waals surface area (Å²) in [5, 5.41) is 5.38. The number of hydrogen-bond donors (Lipinski definition) is 1. The van der Waals surface area contributed by atoms with Crippen LogP contribution < -0.4 is 21.5 Å². The number of aryl methyl sites for hydroxylation is 1. The molecule has 1 aromatic heterocycles. The molecule has 2 aromatic carbocycles. The van der Waals surface area contributed by atoms with E-state index in [0.717, 1.165) is 35.7 Å². The summed E-state index contributed by atoms with van der Waals surface area (Å²) in [5.74, 6) is -0.0160. The second-order valence-electron chi connectivity index (χ2n) is 8.30. The summed E-state index contributed by atoms with van der Waals surface area (Å²) in [5.41, 5.74) is 1.00. The van der Waals surface area contributed by atoms with E-state index in [1.54, 1.807) is 17.7 Å². The zero-order valence-corrected chi connectivity index (χ0v) is 18.7. The molecule has 0 aliphatic carbocycles. The number of carbonyl (C=O) groups excluding carboxylic acids is 1. The maximum Gasteiger partial charge on any atom is 0.331 e. The predicted octanol–water partition coefficient (Wildman–Crippen LogP) is 2.53. The lowest BCUT2D eigenvalue weighted by molar-refractivity contribution is -0.121. The molecule has 0 radical (unpaired) electrons. The Labute approximate surface area is 187 Å². The van der Waals surface area contributed by atoms with Crippen LogP contribution in [0.4, 0.5) is 5.69 Å². The Bertz CT molecular complexity index is 1240. The molecule has 1 unspecified atom stereocenters. The first-order valence-corrected chi connectivity index (χ1v) is 11.4. The highest BCUT2D eigenvalue weighted by molar-refractivity contribution is 5.90. The lowest BCUT2D eigenvalue weighted by atomic mass is 10.0. The number of carbonyl (C=O) groups is 1. The first-order chi connectivity index (χ1) is 15.5. The topological polar surface area (TPSA) is 76.3 Å².